The highest BCUT2D eigenvalue weighted by Crippen LogP contribution is 2.20. The van der Waals surface area contributed by atoms with E-state index in [2.05, 4.69) is 15.9 Å². The SMILES string of the molecule is CCOc1ccc(C(=O)c2cc(Br)ccc2C)cc1. The van der Waals surface area contributed by atoms with Gasteiger partial charge >= 0.3 is 0 Å². The zero-order chi connectivity index (χ0) is 13.8. The van der Waals surface area contributed by atoms with Crippen molar-refractivity contribution in [2.45, 2.75) is 13.8 Å². The summed E-state index contributed by atoms with van der Waals surface area (Å²) in [4.78, 5) is 12.4. The summed E-state index contributed by atoms with van der Waals surface area (Å²) in [7, 11) is 0. The van der Waals surface area contributed by atoms with E-state index in [-0.39, 0.29) is 5.78 Å². The molecule has 2 rings (SSSR count). The molecule has 0 aliphatic heterocycles. The fourth-order valence-electron chi connectivity index (χ4n) is 1.86. The minimum Gasteiger partial charge on any atom is -0.494 e. The van der Waals surface area contributed by atoms with Crippen LogP contribution in [0, 0.1) is 6.92 Å². The van der Waals surface area contributed by atoms with Crippen molar-refractivity contribution in [2.24, 2.45) is 0 Å². The Balaban J connectivity index is 2.30. The summed E-state index contributed by atoms with van der Waals surface area (Å²) in [5.41, 5.74) is 2.37. The van der Waals surface area contributed by atoms with Crippen molar-refractivity contribution in [3.63, 3.8) is 0 Å². The molecule has 2 nitrogen and oxygen atoms in total. The molecule has 0 N–H and O–H groups in total. The van der Waals surface area contributed by atoms with Crippen molar-refractivity contribution < 1.29 is 9.53 Å². The molecule has 0 aliphatic rings. The zero-order valence-corrected chi connectivity index (χ0v) is 12.5. The largest absolute Gasteiger partial charge is 0.494 e. The van der Waals surface area contributed by atoms with Crippen LogP contribution < -0.4 is 4.74 Å². The number of aryl methyl sites for hydroxylation is 1. The molecule has 0 fully saturated rings. The maximum atomic E-state index is 12.4. The van der Waals surface area contributed by atoms with Gasteiger partial charge in [-0.25, -0.2) is 0 Å². The summed E-state index contributed by atoms with van der Waals surface area (Å²) in [6, 6.07) is 13.0. The molecule has 0 bridgehead atoms. The minimum atomic E-state index is 0.0295. The first-order valence-corrected chi connectivity index (χ1v) is 6.95. The predicted octanol–water partition coefficient (Wildman–Crippen LogP) is 4.39. The topological polar surface area (TPSA) is 26.3 Å². The summed E-state index contributed by atoms with van der Waals surface area (Å²) in [5, 5.41) is 0. The number of carbonyl (C=O) groups excluding carboxylic acids is 1. The van der Waals surface area contributed by atoms with E-state index in [1.165, 1.54) is 0 Å². The lowest BCUT2D eigenvalue weighted by molar-refractivity contribution is 0.103. The van der Waals surface area contributed by atoms with Gasteiger partial charge in [0.2, 0.25) is 0 Å². The molecule has 0 aromatic heterocycles. The third-order valence-corrected chi connectivity index (χ3v) is 3.37. The average Bonchev–Trinajstić information content (AvgIpc) is 2.42. The lowest BCUT2D eigenvalue weighted by Crippen LogP contribution is -2.03. The van der Waals surface area contributed by atoms with E-state index in [1.807, 2.05) is 44.2 Å². The van der Waals surface area contributed by atoms with Gasteiger partial charge in [0.05, 0.1) is 6.61 Å². The second-order valence-corrected chi connectivity index (χ2v) is 5.16. The van der Waals surface area contributed by atoms with Gasteiger partial charge in [0.25, 0.3) is 0 Å². The predicted molar refractivity (Wildman–Crippen MR) is 79.9 cm³/mol. The van der Waals surface area contributed by atoms with E-state index in [9.17, 15) is 4.79 Å². The van der Waals surface area contributed by atoms with Crippen LogP contribution in [0.1, 0.15) is 28.4 Å². The van der Waals surface area contributed by atoms with E-state index in [1.54, 1.807) is 12.1 Å². The number of hydrogen-bond acceptors (Lipinski definition) is 2. The van der Waals surface area contributed by atoms with Crippen LogP contribution in [0.25, 0.3) is 0 Å². The maximum absolute atomic E-state index is 12.4. The number of halogens is 1. The molecule has 0 radical (unpaired) electrons. The van der Waals surface area contributed by atoms with Gasteiger partial charge in [-0.3, -0.25) is 4.79 Å². The van der Waals surface area contributed by atoms with Crippen LogP contribution in [-0.4, -0.2) is 12.4 Å². The molecular weight excluding hydrogens is 304 g/mol. The Labute approximate surface area is 121 Å². The van der Waals surface area contributed by atoms with Crippen LogP contribution in [0.4, 0.5) is 0 Å². The molecule has 2 aromatic carbocycles. The van der Waals surface area contributed by atoms with Crippen molar-refractivity contribution in [1.82, 2.24) is 0 Å². The highest BCUT2D eigenvalue weighted by atomic mass is 79.9. The van der Waals surface area contributed by atoms with Gasteiger partial charge in [-0.05, 0) is 55.8 Å². The molecule has 0 aliphatic carbocycles. The first kappa shape index (κ1) is 13.8. The Kier molecular flexibility index (Phi) is 4.38. The summed E-state index contributed by atoms with van der Waals surface area (Å²) in [6.45, 7) is 4.50. The van der Waals surface area contributed by atoms with E-state index < -0.39 is 0 Å². The normalized spacial score (nSPS) is 10.3. The number of rotatable bonds is 4. The summed E-state index contributed by atoms with van der Waals surface area (Å²) in [6.07, 6.45) is 0. The lowest BCUT2D eigenvalue weighted by Gasteiger charge is -2.07. The van der Waals surface area contributed by atoms with Gasteiger partial charge in [0.15, 0.2) is 5.78 Å². The van der Waals surface area contributed by atoms with E-state index >= 15 is 0 Å². The molecule has 0 atom stereocenters. The zero-order valence-electron chi connectivity index (χ0n) is 10.9. The van der Waals surface area contributed by atoms with Gasteiger partial charge in [-0.2, -0.15) is 0 Å². The van der Waals surface area contributed by atoms with Crippen LogP contribution >= 0.6 is 15.9 Å². The molecule has 0 saturated heterocycles. The van der Waals surface area contributed by atoms with Crippen LogP contribution in [0.5, 0.6) is 5.75 Å². The van der Waals surface area contributed by atoms with Crippen LogP contribution in [0.15, 0.2) is 46.9 Å². The van der Waals surface area contributed by atoms with Gasteiger partial charge in [-0.1, -0.05) is 22.0 Å². The van der Waals surface area contributed by atoms with E-state index in [4.69, 9.17) is 4.74 Å². The standard InChI is InChI=1S/C16H15BrO2/c1-3-19-14-8-5-12(6-9-14)16(18)15-10-13(17)7-4-11(15)2/h4-10H,3H2,1-2H3. The smallest absolute Gasteiger partial charge is 0.193 e. The molecule has 2 aromatic rings. The highest BCUT2D eigenvalue weighted by molar-refractivity contribution is 9.10. The monoisotopic (exact) mass is 318 g/mol. The molecule has 0 unspecified atom stereocenters. The summed E-state index contributed by atoms with van der Waals surface area (Å²) >= 11 is 3.40. The van der Waals surface area contributed by atoms with E-state index in [0.717, 1.165) is 21.3 Å². The Morgan fingerprint density at radius 1 is 1.16 bits per heavy atom. The van der Waals surface area contributed by atoms with Gasteiger partial charge in [-0.15, -0.1) is 0 Å². The molecule has 0 amide bonds. The van der Waals surface area contributed by atoms with Gasteiger partial charge < -0.3 is 4.74 Å². The van der Waals surface area contributed by atoms with E-state index in [0.29, 0.717) is 12.2 Å². The van der Waals surface area contributed by atoms with Crippen molar-refractivity contribution in [3.05, 3.63) is 63.6 Å². The minimum absolute atomic E-state index is 0.0295. The fraction of sp³-hybridized carbons (Fsp3) is 0.188. The number of hydrogen-bond donors (Lipinski definition) is 0. The molecule has 3 heteroatoms. The first-order chi connectivity index (χ1) is 9.11. The molecule has 98 valence electrons. The Hall–Kier alpha value is -1.61. The Bertz CT molecular complexity index is 588. The molecule has 0 heterocycles. The third kappa shape index (κ3) is 3.24. The summed E-state index contributed by atoms with van der Waals surface area (Å²) in [5.74, 6) is 0.812. The molecule has 0 spiro atoms. The number of ether oxygens (including phenoxy) is 1. The molecular formula is C16H15BrO2. The van der Waals surface area contributed by atoms with Crippen LogP contribution in [0.2, 0.25) is 0 Å². The second kappa shape index (κ2) is 6.02. The quantitative estimate of drug-likeness (QED) is 0.782. The fourth-order valence-corrected chi connectivity index (χ4v) is 2.22. The average molecular weight is 319 g/mol. The maximum Gasteiger partial charge on any atom is 0.193 e. The number of benzene rings is 2. The highest BCUT2D eigenvalue weighted by Gasteiger charge is 2.12. The van der Waals surface area contributed by atoms with Crippen LogP contribution in [0.3, 0.4) is 0 Å². The van der Waals surface area contributed by atoms with Crippen LogP contribution in [-0.2, 0) is 0 Å². The van der Waals surface area contributed by atoms with Gasteiger partial charge in [0.1, 0.15) is 5.75 Å². The van der Waals surface area contributed by atoms with Crippen molar-refractivity contribution in [3.8, 4) is 5.75 Å². The van der Waals surface area contributed by atoms with Crippen molar-refractivity contribution in [1.29, 1.82) is 0 Å². The van der Waals surface area contributed by atoms with Crippen molar-refractivity contribution in [2.75, 3.05) is 6.61 Å². The third-order valence-electron chi connectivity index (χ3n) is 2.87. The van der Waals surface area contributed by atoms with Gasteiger partial charge in [0, 0.05) is 15.6 Å². The lowest BCUT2D eigenvalue weighted by atomic mass is 9.99. The number of carbonyl (C=O) groups is 1. The second-order valence-electron chi connectivity index (χ2n) is 4.25. The summed E-state index contributed by atoms with van der Waals surface area (Å²) < 4.78 is 6.28. The van der Waals surface area contributed by atoms with Crippen molar-refractivity contribution >= 4 is 21.7 Å². The number of ketones is 1. The molecule has 0 saturated carbocycles. The first-order valence-electron chi connectivity index (χ1n) is 6.15. The molecule has 19 heavy (non-hydrogen) atoms. The Morgan fingerprint density at radius 3 is 2.47 bits per heavy atom. The Morgan fingerprint density at radius 2 is 1.84 bits per heavy atom.